The lowest BCUT2D eigenvalue weighted by molar-refractivity contribution is 0.103. The first kappa shape index (κ1) is 14.8. The summed E-state index contributed by atoms with van der Waals surface area (Å²) >= 11 is 5.96. The molecule has 2 aromatic rings. The number of hydrogen-bond acceptors (Lipinski definition) is 1. The summed E-state index contributed by atoms with van der Waals surface area (Å²) in [6, 6.07) is 11.6. The average Bonchev–Trinajstić information content (AvgIpc) is 2.46. The van der Waals surface area contributed by atoms with Crippen molar-refractivity contribution in [2.24, 2.45) is 0 Å². The largest absolute Gasteiger partial charge is 0.289 e. The Morgan fingerprint density at radius 3 is 2.35 bits per heavy atom. The molecule has 0 radical (unpaired) electrons. The van der Waals surface area contributed by atoms with Gasteiger partial charge in [-0.15, -0.1) is 0 Å². The zero-order chi connectivity index (χ0) is 14.7. The lowest BCUT2D eigenvalue weighted by atomic mass is 9.92. The van der Waals surface area contributed by atoms with Gasteiger partial charge in [0.05, 0.1) is 0 Å². The maximum atomic E-state index is 12.8. The first-order chi connectivity index (χ1) is 9.56. The van der Waals surface area contributed by atoms with Crippen LogP contribution in [0, 0.1) is 6.92 Å². The Morgan fingerprint density at radius 1 is 1.00 bits per heavy atom. The predicted octanol–water partition coefficient (Wildman–Crippen LogP) is 5.00. The van der Waals surface area contributed by atoms with Gasteiger partial charge < -0.3 is 0 Å². The van der Waals surface area contributed by atoms with E-state index < -0.39 is 0 Å². The van der Waals surface area contributed by atoms with Crippen LogP contribution in [0.4, 0.5) is 0 Å². The van der Waals surface area contributed by atoms with Gasteiger partial charge in [0, 0.05) is 16.1 Å². The molecule has 2 rings (SSSR count). The summed E-state index contributed by atoms with van der Waals surface area (Å²) in [5.74, 6) is 0.0892. The van der Waals surface area contributed by atoms with Crippen LogP contribution in [0.25, 0.3) is 0 Å². The number of aryl methyl sites for hydroxylation is 3. The lowest BCUT2D eigenvalue weighted by Gasteiger charge is -2.11. The van der Waals surface area contributed by atoms with E-state index in [9.17, 15) is 4.79 Å². The Kier molecular flexibility index (Phi) is 4.61. The Hall–Kier alpha value is -1.60. The molecule has 0 saturated carbocycles. The molecule has 0 amide bonds. The van der Waals surface area contributed by atoms with E-state index in [1.807, 2.05) is 25.1 Å². The van der Waals surface area contributed by atoms with Gasteiger partial charge in [-0.2, -0.15) is 0 Å². The smallest absolute Gasteiger partial charge is 0.193 e. The van der Waals surface area contributed by atoms with Gasteiger partial charge in [0.15, 0.2) is 5.78 Å². The molecular weight excluding hydrogens is 268 g/mol. The Balaban J connectivity index is 2.51. The van der Waals surface area contributed by atoms with Crippen LogP contribution >= 0.6 is 11.6 Å². The zero-order valence-corrected chi connectivity index (χ0v) is 12.9. The van der Waals surface area contributed by atoms with Crippen LogP contribution in [-0.4, -0.2) is 5.78 Å². The highest BCUT2D eigenvalue weighted by atomic mass is 35.5. The molecule has 20 heavy (non-hydrogen) atoms. The first-order valence-corrected chi connectivity index (χ1v) is 7.37. The molecule has 0 atom stereocenters. The highest BCUT2D eigenvalue weighted by Crippen LogP contribution is 2.22. The summed E-state index contributed by atoms with van der Waals surface area (Å²) in [4.78, 5) is 12.8. The highest BCUT2D eigenvalue weighted by molar-refractivity contribution is 6.30. The van der Waals surface area contributed by atoms with Gasteiger partial charge in [-0.25, -0.2) is 0 Å². The zero-order valence-electron chi connectivity index (χ0n) is 12.2. The van der Waals surface area contributed by atoms with Gasteiger partial charge in [-0.05, 0) is 60.7 Å². The molecule has 104 valence electrons. The van der Waals surface area contributed by atoms with Crippen LogP contribution in [0.5, 0.6) is 0 Å². The Morgan fingerprint density at radius 2 is 1.75 bits per heavy atom. The van der Waals surface area contributed by atoms with E-state index in [1.165, 1.54) is 5.56 Å². The Labute approximate surface area is 125 Å². The van der Waals surface area contributed by atoms with E-state index >= 15 is 0 Å². The fourth-order valence-corrected chi connectivity index (χ4v) is 2.62. The first-order valence-electron chi connectivity index (χ1n) is 6.99. The fraction of sp³-hybridized carbons (Fsp3) is 0.278. The third kappa shape index (κ3) is 2.94. The normalized spacial score (nSPS) is 10.6. The average molecular weight is 287 g/mol. The maximum absolute atomic E-state index is 12.8. The molecule has 0 aliphatic heterocycles. The molecule has 0 aliphatic rings. The topological polar surface area (TPSA) is 17.1 Å². The van der Waals surface area contributed by atoms with Crippen molar-refractivity contribution in [3.05, 3.63) is 69.2 Å². The van der Waals surface area contributed by atoms with Crippen LogP contribution in [0.1, 0.15) is 46.5 Å². The lowest BCUT2D eigenvalue weighted by Crippen LogP contribution is -2.07. The maximum Gasteiger partial charge on any atom is 0.193 e. The van der Waals surface area contributed by atoms with Gasteiger partial charge >= 0.3 is 0 Å². The molecule has 1 nitrogen and oxygen atoms in total. The van der Waals surface area contributed by atoms with Crippen molar-refractivity contribution >= 4 is 17.4 Å². The third-order valence-electron chi connectivity index (χ3n) is 3.64. The minimum Gasteiger partial charge on any atom is -0.289 e. The van der Waals surface area contributed by atoms with Crippen molar-refractivity contribution in [1.82, 2.24) is 0 Å². The molecule has 0 saturated heterocycles. The van der Waals surface area contributed by atoms with E-state index in [1.54, 1.807) is 6.07 Å². The van der Waals surface area contributed by atoms with Crippen molar-refractivity contribution in [3.63, 3.8) is 0 Å². The summed E-state index contributed by atoms with van der Waals surface area (Å²) in [6.07, 6.45) is 1.79. The molecule has 0 fully saturated rings. The Bertz CT molecular complexity index is 644. The standard InChI is InChI=1S/C18H19ClO/c1-4-13-6-7-14(5-2)17(11-13)18(20)16-9-8-15(19)10-12(16)3/h6-11H,4-5H2,1-3H3. The summed E-state index contributed by atoms with van der Waals surface area (Å²) in [7, 11) is 0. The van der Waals surface area contributed by atoms with Crippen LogP contribution in [0.15, 0.2) is 36.4 Å². The van der Waals surface area contributed by atoms with Crippen LogP contribution < -0.4 is 0 Å². The molecule has 0 N–H and O–H groups in total. The van der Waals surface area contributed by atoms with E-state index in [2.05, 4.69) is 26.0 Å². The van der Waals surface area contributed by atoms with Gasteiger partial charge in [0.1, 0.15) is 0 Å². The number of hydrogen-bond donors (Lipinski definition) is 0. The van der Waals surface area contributed by atoms with Crippen LogP contribution in [0.2, 0.25) is 5.02 Å². The molecular formula is C18H19ClO. The molecule has 2 aromatic carbocycles. The molecule has 0 unspecified atom stereocenters. The third-order valence-corrected chi connectivity index (χ3v) is 3.88. The number of halogens is 1. The van der Waals surface area contributed by atoms with E-state index in [4.69, 9.17) is 11.6 Å². The minimum atomic E-state index is 0.0892. The summed E-state index contributed by atoms with van der Waals surface area (Å²) in [5, 5.41) is 0.664. The molecule has 0 spiro atoms. The highest BCUT2D eigenvalue weighted by Gasteiger charge is 2.15. The van der Waals surface area contributed by atoms with E-state index in [-0.39, 0.29) is 5.78 Å². The SMILES string of the molecule is CCc1ccc(CC)c(C(=O)c2ccc(Cl)cc2C)c1. The van der Waals surface area contributed by atoms with Crippen molar-refractivity contribution in [3.8, 4) is 0 Å². The second-order valence-corrected chi connectivity index (χ2v) is 5.42. The monoisotopic (exact) mass is 286 g/mol. The fourth-order valence-electron chi connectivity index (χ4n) is 2.39. The summed E-state index contributed by atoms with van der Waals surface area (Å²) < 4.78 is 0. The van der Waals surface area contributed by atoms with Gasteiger partial charge in [-0.1, -0.05) is 37.6 Å². The molecule has 0 aromatic heterocycles. The number of rotatable bonds is 4. The number of carbonyl (C=O) groups is 1. The summed E-state index contributed by atoms with van der Waals surface area (Å²) in [6.45, 7) is 6.10. The second-order valence-electron chi connectivity index (χ2n) is 4.99. The molecule has 2 heteroatoms. The molecule has 0 aliphatic carbocycles. The van der Waals surface area contributed by atoms with E-state index in [0.29, 0.717) is 5.02 Å². The van der Waals surface area contributed by atoms with Crippen molar-refractivity contribution < 1.29 is 4.79 Å². The predicted molar refractivity (Wildman–Crippen MR) is 84.8 cm³/mol. The van der Waals surface area contributed by atoms with Crippen molar-refractivity contribution in [1.29, 1.82) is 0 Å². The molecule has 0 bridgehead atoms. The quantitative estimate of drug-likeness (QED) is 0.723. The van der Waals surface area contributed by atoms with E-state index in [0.717, 1.165) is 35.1 Å². The number of benzene rings is 2. The summed E-state index contributed by atoms with van der Waals surface area (Å²) in [5.41, 5.74) is 4.76. The second kappa shape index (κ2) is 6.23. The number of carbonyl (C=O) groups excluding carboxylic acids is 1. The van der Waals surface area contributed by atoms with Crippen molar-refractivity contribution in [2.45, 2.75) is 33.6 Å². The van der Waals surface area contributed by atoms with Crippen molar-refractivity contribution in [2.75, 3.05) is 0 Å². The van der Waals surface area contributed by atoms with Crippen LogP contribution in [-0.2, 0) is 12.8 Å². The minimum absolute atomic E-state index is 0.0892. The number of ketones is 1. The van der Waals surface area contributed by atoms with Gasteiger partial charge in [0.2, 0.25) is 0 Å². The van der Waals surface area contributed by atoms with Gasteiger partial charge in [0.25, 0.3) is 0 Å². The van der Waals surface area contributed by atoms with Crippen LogP contribution in [0.3, 0.4) is 0 Å². The van der Waals surface area contributed by atoms with Gasteiger partial charge in [-0.3, -0.25) is 4.79 Å². The molecule has 0 heterocycles.